The van der Waals surface area contributed by atoms with Gasteiger partial charge in [-0.05, 0) is 18.6 Å². The Hall–Kier alpha value is -2.67. The van der Waals surface area contributed by atoms with Crippen molar-refractivity contribution < 1.29 is 4.79 Å². The summed E-state index contributed by atoms with van der Waals surface area (Å²) in [6, 6.07) is 3.61. The van der Waals surface area contributed by atoms with Crippen molar-refractivity contribution in [3.8, 4) is 0 Å². The average Bonchev–Trinajstić information content (AvgIpc) is 3.19. The van der Waals surface area contributed by atoms with E-state index in [4.69, 9.17) is 0 Å². The van der Waals surface area contributed by atoms with Gasteiger partial charge in [-0.3, -0.25) is 4.79 Å². The highest BCUT2D eigenvalue weighted by molar-refractivity contribution is 5.83. The van der Waals surface area contributed by atoms with Gasteiger partial charge >= 0.3 is 0 Å². The molecule has 3 N–H and O–H groups in total. The maximum Gasteiger partial charge on any atom is 0.243 e. The zero-order valence-corrected chi connectivity index (χ0v) is 12.8. The molecular formula is C16H18N6O. The molecule has 1 amide bonds. The van der Waals surface area contributed by atoms with Gasteiger partial charge < -0.3 is 20.0 Å². The van der Waals surface area contributed by atoms with Crippen molar-refractivity contribution in [2.45, 2.75) is 25.9 Å². The van der Waals surface area contributed by atoms with E-state index in [2.05, 4.69) is 25.6 Å². The first-order valence-corrected chi connectivity index (χ1v) is 7.69. The number of rotatable bonds is 3. The van der Waals surface area contributed by atoms with Gasteiger partial charge in [-0.25, -0.2) is 9.97 Å². The number of carbonyl (C=O) groups is 1. The number of aryl methyl sites for hydroxylation is 1. The quantitative estimate of drug-likeness (QED) is 0.670. The number of hydrogen-bond donors (Lipinski definition) is 3. The number of pyridine rings is 1. The van der Waals surface area contributed by atoms with Gasteiger partial charge in [-0.1, -0.05) is 6.07 Å². The second-order valence-corrected chi connectivity index (χ2v) is 5.76. The molecule has 7 nitrogen and oxygen atoms in total. The van der Waals surface area contributed by atoms with Crippen molar-refractivity contribution in [1.29, 1.82) is 0 Å². The van der Waals surface area contributed by atoms with Crippen molar-refractivity contribution in [3.05, 3.63) is 53.5 Å². The summed E-state index contributed by atoms with van der Waals surface area (Å²) < 4.78 is 2.00. The number of imidazole rings is 2. The smallest absolute Gasteiger partial charge is 0.243 e. The van der Waals surface area contributed by atoms with Crippen LogP contribution in [0, 0.1) is 6.92 Å². The monoisotopic (exact) mass is 310 g/mol. The van der Waals surface area contributed by atoms with Crippen LogP contribution < -0.4 is 10.6 Å². The molecule has 1 aliphatic rings. The molecule has 0 saturated carbocycles. The van der Waals surface area contributed by atoms with Crippen LogP contribution in [0.5, 0.6) is 0 Å². The fourth-order valence-corrected chi connectivity index (χ4v) is 3.05. The van der Waals surface area contributed by atoms with Crippen molar-refractivity contribution >= 4 is 11.6 Å². The minimum atomic E-state index is -0.397. The fraction of sp³-hybridized carbons (Fsp3) is 0.312. The number of carbonyl (C=O) groups excluding carboxylic acids is 1. The van der Waals surface area contributed by atoms with E-state index in [1.807, 2.05) is 29.7 Å². The van der Waals surface area contributed by atoms with Crippen LogP contribution in [0.2, 0.25) is 0 Å². The lowest BCUT2D eigenvalue weighted by Crippen LogP contribution is -2.41. The molecule has 0 aliphatic carbocycles. The topological polar surface area (TPSA) is 87.1 Å². The summed E-state index contributed by atoms with van der Waals surface area (Å²) in [6.07, 6.45) is 6.27. The van der Waals surface area contributed by atoms with Gasteiger partial charge in [0, 0.05) is 24.9 Å². The second kappa shape index (κ2) is 5.51. The van der Waals surface area contributed by atoms with Gasteiger partial charge in [0.2, 0.25) is 5.91 Å². The Labute approximate surface area is 133 Å². The summed E-state index contributed by atoms with van der Waals surface area (Å²) in [7, 11) is 0. The van der Waals surface area contributed by atoms with Gasteiger partial charge in [0.1, 0.15) is 11.7 Å². The fourth-order valence-electron chi connectivity index (χ4n) is 3.05. The SMILES string of the molecule is Cc1cccn2c(CNC(=O)C3NCCc4[nH]cnc43)cnc12. The van der Waals surface area contributed by atoms with Gasteiger partial charge in [0.15, 0.2) is 0 Å². The summed E-state index contributed by atoms with van der Waals surface area (Å²) in [5.41, 5.74) is 4.81. The van der Waals surface area contributed by atoms with Crippen molar-refractivity contribution in [2.75, 3.05) is 6.54 Å². The Bertz CT molecular complexity index is 864. The van der Waals surface area contributed by atoms with Crippen LogP contribution in [-0.2, 0) is 17.8 Å². The third-order valence-corrected chi connectivity index (χ3v) is 4.26. The van der Waals surface area contributed by atoms with E-state index in [1.54, 1.807) is 12.5 Å². The molecular weight excluding hydrogens is 292 g/mol. The Morgan fingerprint density at radius 1 is 1.48 bits per heavy atom. The summed E-state index contributed by atoms with van der Waals surface area (Å²) in [4.78, 5) is 24.3. The highest BCUT2D eigenvalue weighted by Gasteiger charge is 2.28. The van der Waals surface area contributed by atoms with E-state index in [9.17, 15) is 4.79 Å². The van der Waals surface area contributed by atoms with Gasteiger partial charge in [0.25, 0.3) is 0 Å². The highest BCUT2D eigenvalue weighted by atomic mass is 16.2. The molecule has 3 aromatic rings. The molecule has 4 rings (SSSR count). The Balaban J connectivity index is 1.51. The predicted octanol–water partition coefficient (Wildman–Crippen LogP) is 0.869. The van der Waals surface area contributed by atoms with Crippen LogP contribution in [0.4, 0.5) is 0 Å². The van der Waals surface area contributed by atoms with E-state index in [0.717, 1.165) is 41.3 Å². The number of aromatic amines is 1. The molecule has 0 bridgehead atoms. The first-order chi connectivity index (χ1) is 11.2. The lowest BCUT2D eigenvalue weighted by molar-refractivity contribution is -0.123. The standard InChI is InChI=1S/C16H18N6O/c1-10-3-2-6-22-11(7-18-15(10)22)8-19-16(23)14-13-12(4-5-17-14)20-9-21-13/h2-3,6-7,9,14,17H,4-5,8H2,1H3,(H,19,23)(H,20,21). The molecule has 1 aliphatic heterocycles. The zero-order chi connectivity index (χ0) is 15.8. The van der Waals surface area contributed by atoms with E-state index in [1.165, 1.54) is 0 Å². The zero-order valence-electron chi connectivity index (χ0n) is 12.8. The summed E-state index contributed by atoms with van der Waals surface area (Å²) in [5, 5.41) is 6.20. The average molecular weight is 310 g/mol. The molecule has 4 heterocycles. The van der Waals surface area contributed by atoms with Gasteiger partial charge in [-0.15, -0.1) is 0 Å². The Morgan fingerprint density at radius 2 is 2.39 bits per heavy atom. The van der Waals surface area contributed by atoms with E-state index in [0.29, 0.717) is 6.54 Å². The molecule has 118 valence electrons. The molecule has 1 atom stereocenters. The minimum absolute atomic E-state index is 0.0688. The number of aromatic nitrogens is 4. The van der Waals surface area contributed by atoms with Crippen LogP contribution in [0.1, 0.15) is 28.7 Å². The lowest BCUT2D eigenvalue weighted by atomic mass is 10.1. The molecule has 0 saturated heterocycles. The van der Waals surface area contributed by atoms with Crippen LogP contribution >= 0.6 is 0 Å². The number of H-pyrrole nitrogens is 1. The van der Waals surface area contributed by atoms with Gasteiger partial charge in [-0.2, -0.15) is 0 Å². The number of nitrogens with one attached hydrogen (secondary N) is 3. The third kappa shape index (κ3) is 2.39. The van der Waals surface area contributed by atoms with Crippen molar-refractivity contribution in [3.63, 3.8) is 0 Å². The van der Waals surface area contributed by atoms with E-state index in [-0.39, 0.29) is 5.91 Å². The van der Waals surface area contributed by atoms with Crippen LogP contribution in [-0.4, -0.2) is 31.8 Å². The summed E-state index contributed by atoms with van der Waals surface area (Å²) >= 11 is 0. The van der Waals surface area contributed by atoms with Gasteiger partial charge in [0.05, 0.1) is 30.5 Å². The van der Waals surface area contributed by atoms with Crippen LogP contribution in [0.25, 0.3) is 5.65 Å². The molecule has 3 aromatic heterocycles. The third-order valence-electron chi connectivity index (χ3n) is 4.26. The highest BCUT2D eigenvalue weighted by Crippen LogP contribution is 2.19. The maximum atomic E-state index is 12.5. The molecule has 1 unspecified atom stereocenters. The van der Waals surface area contributed by atoms with Crippen LogP contribution in [0.15, 0.2) is 30.9 Å². The molecule has 7 heteroatoms. The number of amides is 1. The molecule has 0 radical (unpaired) electrons. The predicted molar refractivity (Wildman–Crippen MR) is 84.8 cm³/mol. The first-order valence-electron chi connectivity index (χ1n) is 7.69. The number of fused-ring (bicyclic) bond motifs is 2. The van der Waals surface area contributed by atoms with Crippen molar-refractivity contribution in [1.82, 2.24) is 30.0 Å². The second-order valence-electron chi connectivity index (χ2n) is 5.76. The number of hydrogen-bond acceptors (Lipinski definition) is 4. The summed E-state index contributed by atoms with van der Waals surface area (Å²) in [6.45, 7) is 3.22. The molecule has 23 heavy (non-hydrogen) atoms. The number of nitrogens with zero attached hydrogens (tertiary/aromatic N) is 3. The lowest BCUT2D eigenvalue weighted by Gasteiger charge is -2.22. The van der Waals surface area contributed by atoms with Crippen LogP contribution in [0.3, 0.4) is 0 Å². The largest absolute Gasteiger partial charge is 0.349 e. The summed E-state index contributed by atoms with van der Waals surface area (Å²) in [5.74, 6) is -0.0688. The molecule has 0 spiro atoms. The van der Waals surface area contributed by atoms with Crippen molar-refractivity contribution in [2.24, 2.45) is 0 Å². The molecule has 0 aromatic carbocycles. The van der Waals surface area contributed by atoms with E-state index < -0.39 is 6.04 Å². The maximum absolute atomic E-state index is 12.5. The molecule has 0 fully saturated rings. The Morgan fingerprint density at radius 3 is 3.30 bits per heavy atom. The normalized spacial score (nSPS) is 17.2. The van der Waals surface area contributed by atoms with E-state index >= 15 is 0 Å². The Kier molecular flexibility index (Phi) is 3.34. The first kappa shape index (κ1) is 14.0. The minimum Gasteiger partial charge on any atom is -0.349 e.